The second kappa shape index (κ2) is 7.11. The van der Waals surface area contributed by atoms with E-state index in [-0.39, 0.29) is 36.5 Å². The summed E-state index contributed by atoms with van der Waals surface area (Å²) in [5, 5.41) is 14.2. The van der Waals surface area contributed by atoms with Crippen molar-refractivity contribution >= 4 is 17.8 Å². The molecule has 0 saturated carbocycles. The molecule has 1 heterocycles. The van der Waals surface area contributed by atoms with Crippen LogP contribution in [0.4, 0.5) is 0 Å². The van der Waals surface area contributed by atoms with Crippen LogP contribution in [0.1, 0.15) is 33.1 Å². The van der Waals surface area contributed by atoms with Crippen molar-refractivity contribution < 1.29 is 19.5 Å². The second-order valence-electron chi connectivity index (χ2n) is 5.54. The fourth-order valence-electron chi connectivity index (χ4n) is 2.33. The summed E-state index contributed by atoms with van der Waals surface area (Å²) in [5.41, 5.74) is 0. The van der Waals surface area contributed by atoms with E-state index in [4.69, 9.17) is 5.11 Å². The van der Waals surface area contributed by atoms with Crippen LogP contribution in [0.5, 0.6) is 0 Å². The molecule has 0 aromatic rings. The van der Waals surface area contributed by atoms with Gasteiger partial charge in [0.15, 0.2) is 0 Å². The monoisotopic (exact) mass is 270 g/mol. The number of hydrogen-bond acceptors (Lipinski definition) is 3. The van der Waals surface area contributed by atoms with E-state index in [2.05, 4.69) is 10.6 Å². The molecule has 108 valence electrons. The molecule has 0 aliphatic carbocycles. The Morgan fingerprint density at radius 2 is 2.16 bits per heavy atom. The highest BCUT2D eigenvalue weighted by Gasteiger charge is 2.28. The summed E-state index contributed by atoms with van der Waals surface area (Å²) < 4.78 is 0. The van der Waals surface area contributed by atoms with E-state index in [9.17, 15) is 14.4 Å². The summed E-state index contributed by atoms with van der Waals surface area (Å²) in [6.45, 7) is 4.78. The molecule has 19 heavy (non-hydrogen) atoms. The average molecular weight is 270 g/mol. The molecule has 0 aromatic heterocycles. The molecular weight excluding hydrogens is 248 g/mol. The van der Waals surface area contributed by atoms with E-state index in [1.165, 1.54) is 0 Å². The Morgan fingerprint density at radius 3 is 2.63 bits per heavy atom. The van der Waals surface area contributed by atoms with Gasteiger partial charge in [-0.1, -0.05) is 13.8 Å². The van der Waals surface area contributed by atoms with Crippen LogP contribution in [0.25, 0.3) is 0 Å². The summed E-state index contributed by atoms with van der Waals surface area (Å²) in [6, 6.07) is 0. The van der Waals surface area contributed by atoms with Crippen molar-refractivity contribution in [1.82, 2.24) is 10.6 Å². The van der Waals surface area contributed by atoms with Crippen LogP contribution in [0, 0.1) is 17.8 Å². The van der Waals surface area contributed by atoms with E-state index >= 15 is 0 Å². The summed E-state index contributed by atoms with van der Waals surface area (Å²) in [4.78, 5) is 33.6. The van der Waals surface area contributed by atoms with Gasteiger partial charge in [0, 0.05) is 25.9 Å². The van der Waals surface area contributed by atoms with E-state index in [0.717, 1.165) is 6.42 Å². The molecule has 6 heteroatoms. The van der Waals surface area contributed by atoms with Crippen molar-refractivity contribution in [1.29, 1.82) is 0 Å². The van der Waals surface area contributed by atoms with E-state index in [1.54, 1.807) is 0 Å². The Hall–Kier alpha value is -1.59. The molecule has 6 nitrogen and oxygen atoms in total. The van der Waals surface area contributed by atoms with Gasteiger partial charge in [-0.05, 0) is 18.3 Å². The number of carbonyl (C=O) groups excluding carboxylic acids is 2. The molecule has 1 saturated heterocycles. The standard InChI is InChI=1S/C13H22N2O4/c1-8(2)3-9(4-12(17)18)6-15-13(19)10-5-11(16)14-7-10/h8-10H,3-7H2,1-2H3,(H,14,16)(H,15,19)(H,17,18)/t9-,10?/m0/s1. The van der Waals surface area contributed by atoms with Crippen LogP contribution in [0.3, 0.4) is 0 Å². The minimum Gasteiger partial charge on any atom is -0.481 e. The first-order chi connectivity index (χ1) is 8.88. The molecule has 1 rings (SSSR count). The summed E-state index contributed by atoms with van der Waals surface area (Å²) in [5.74, 6) is -1.13. The van der Waals surface area contributed by atoms with E-state index in [0.29, 0.717) is 19.0 Å². The molecule has 1 unspecified atom stereocenters. The summed E-state index contributed by atoms with van der Waals surface area (Å²) >= 11 is 0. The van der Waals surface area contributed by atoms with Crippen molar-refractivity contribution in [2.75, 3.05) is 13.1 Å². The maximum Gasteiger partial charge on any atom is 0.303 e. The van der Waals surface area contributed by atoms with Gasteiger partial charge in [-0.2, -0.15) is 0 Å². The van der Waals surface area contributed by atoms with Gasteiger partial charge in [0.25, 0.3) is 0 Å². The molecule has 1 aliphatic heterocycles. The number of nitrogens with one attached hydrogen (secondary N) is 2. The first-order valence-electron chi connectivity index (χ1n) is 6.64. The first-order valence-corrected chi connectivity index (χ1v) is 6.64. The van der Waals surface area contributed by atoms with Gasteiger partial charge in [0.05, 0.1) is 5.92 Å². The molecule has 2 atom stereocenters. The average Bonchev–Trinajstić information content (AvgIpc) is 2.71. The van der Waals surface area contributed by atoms with Gasteiger partial charge in [-0.25, -0.2) is 0 Å². The van der Waals surface area contributed by atoms with Gasteiger partial charge in [-0.15, -0.1) is 0 Å². The second-order valence-corrected chi connectivity index (χ2v) is 5.54. The minimum absolute atomic E-state index is 0.0559. The van der Waals surface area contributed by atoms with Crippen LogP contribution in [-0.4, -0.2) is 36.0 Å². The maximum absolute atomic E-state index is 11.8. The van der Waals surface area contributed by atoms with Crippen molar-refractivity contribution in [3.8, 4) is 0 Å². The third-order valence-electron chi connectivity index (χ3n) is 3.18. The Balaban J connectivity index is 2.39. The van der Waals surface area contributed by atoms with Gasteiger partial charge in [-0.3, -0.25) is 14.4 Å². The Kier molecular flexibility index (Phi) is 5.79. The Labute approximate surface area is 112 Å². The zero-order valence-electron chi connectivity index (χ0n) is 11.4. The number of rotatable bonds is 7. The topological polar surface area (TPSA) is 95.5 Å². The summed E-state index contributed by atoms with van der Waals surface area (Å²) in [7, 11) is 0. The predicted molar refractivity (Wildman–Crippen MR) is 69.3 cm³/mol. The van der Waals surface area contributed by atoms with Crippen molar-refractivity contribution in [2.45, 2.75) is 33.1 Å². The molecule has 2 amide bonds. The summed E-state index contributed by atoms with van der Waals surface area (Å²) in [6.07, 6.45) is 1.04. The van der Waals surface area contributed by atoms with Gasteiger partial charge in [0.1, 0.15) is 0 Å². The number of carboxylic acid groups (broad SMARTS) is 1. The highest BCUT2D eigenvalue weighted by molar-refractivity contribution is 5.89. The molecule has 0 radical (unpaired) electrons. The van der Waals surface area contributed by atoms with E-state index in [1.807, 2.05) is 13.8 Å². The lowest BCUT2D eigenvalue weighted by atomic mass is 9.94. The zero-order chi connectivity index (χ0) is 14.4. The minimum atomic E-state index is -0.849. The largest absolute Gasteiger partial charge is 0.481 e. The zero-order valence-corrected chi connectivity index (χ0v) is 11.4. The first kappa shape index (κ1) is 15.5. The lowest BCUT2D eigenvalue weighted by Crippen LogP contribution is -2.36. The highest BCUT2D eigenvalue weighted by atomic mass is 16.4. The molecule has 0 aromatic carbocycles. The Morgan fingerprint density at radius 1 is 1.47 bits per heavy atom. The van der Waals surface area contributed by atoms with Crippen molar-refractivity contribution in [3.63, 3.8) is 0 Å². The number of carboxylic acids is 1. The number of hydrogen-bond donors (Lipinski definition) is 3. The lowest BCUT2D eigenvalue weighted by molar-refractivity contribution is -0.138. The van der Waals surface area contributed by atoms with Crippen LogP contribution >= 0.6 is 0 Å². The lowest BCUT2D eigenvalue weighted by Gasteiger charge is -2.18. The van der Waals surface area contributed by atoms with Crippen LogP contribution in [0.15, 0.2) is 0 Å². The van der Waals surface area contributed by atoms with Gasteiger partial charge < -0.3 is 15.7 Å². The number of aliphatic carboxylic acids is 1. The maximum atomic E-state index is 11.8. The number of carbonyl (C=O) groups is 3. The fourth-order valence-corrected chi connectivity index (χ4v) is 2.33. The third-order valence-corrected chi connectivity index (χ3v) is 3.18. The van der Waals surface area contributed by atoms with E-state index < -0.39 is 5.97 Å². The smallest absolute Gasteiger partial charge is 0.303 e. The molecule has 3 N–H and O–H groups in total. The van der Waals surface area contributed by atoms with Crippen LogP contribution in [0.2, 0.25) is 0 Å². The predicted octanol–water partition coefficient (Wildman–Crippen LogP) is 0.376. The molecule has 1 aliphatic rings. The SMILES string of the molecule is CC(C)C[C@H](CNC(=O)C1CNC(=O)C1)CC(=O)O. The normalized spacial score (nSPS) is 20.2. The quantitative estimate of drug-likeness (QED) is 0.623. The van der Waals surface area contributed by atoms with Gasteiger partial charge >= 0.3 is 5.97 Å². The Bertz CT molecular complexity index is 355. The molecular formula is C13H22N2O4. The fraction of sp³-hybridized carbons (Fsp3) is 0.769. The van der Waals surface area contributed by atoms with Crippen molar-refractivity contribution in [3.05, 3.63) is 0 Å². The molecule has 1 fully saturated rings. The van der Waals surface area contributed by atoms with Crippen LogP contribution < -0.4 is 10.6 Å². The highest BCUT2D eigenvalue weighted by Crippen LogP contribution is 2.15. The third kappa shape index (κ3) is 5.72. The van der Waals surface area contributed by atoms with Crippen molar-refractivity contribution in [2.24, 2.45) is 17.8 Å². The van der Waals surface area contributed by atoms with Gasteiger partial charge in [0.2, 0.25) is 11.8 Å². The molecule has 0 spiro atoms. The number of amides is 2. The van der Waals surface area contributed by atoms with Crippen LogP contribution in [-0.2, 0) is 14.4 Å². The molecule has 0 bridgehead atoms.